The predicted octanol–water partition coefficient (Wildman–Crippen LogP) is 3.70. The van der Waals surface area contributed by atoms with E-state index >= 15 is 0 Å². The number of hydrogen-bond donors (Lipinski definition) is 1. The number of carbonyl (C=O) groups excluding carboxylic acids is 1. The number of unbranched alkanes of at least 4 members (excludes halogenated alkanes) is 1. The Balaban J connectivity index is 1.82. The van der Waals surface area contributed by atoms with E-state index in [-0.39, 0.29) is 23.1 Å². The Bertz CT molecular complexity index is 731. The van der Waals surface area contributed by atoms with Gasteiger partial charge in [0.25, 0.3) is 0 Å². The van der Waals surface area contributed by atoms with Crippen molar-refractivity contribution in [2.24, 2.45) is 11.8 Å². The first-order valence-electron chi connectivity index (χ1n) is 10.4. The molecule has 2 rings (SSSR count). The molecule has 1 amide bonds. The van der Waals surface area contributed by atoms with Gasteiger partial charge >= 0.3 is 0 Å². The molecule has 1 N–H and O–H groups in total. The van der Waals surface area contributed by atoms with Crippen LogP contribution in [0.4, 0.5) is 4.39 Å². The highest BCUT2D eigenvalue weighted by Crippen LogP contribution is 2.23. The van der Waals surface area contributed by atoms with E-state index in [9.17, 15) is 17.6 Å². The zero-order chi connectivity index (χ0) is 20.6. The molecule has 5 nitrogen and oxygen atoms in total. The number of nitrogens with zero attached hydrogens (tertiary/aromatic N) is 1. The summed E-state index contributed by atoms with van der Waals surface area (Å²) in [5.74, 6) is -0.463. The van der Waals surface area contributed by atoms with Crippen molar-refractivity contribution >= 4 is 15.9 Å². The minimum atomic E-state index is -3.59. The fourth-order valence-electron chi connectivity index (χ4n) is 3.63. The smallest absolute Gasteiger partial charge is 0.223 e. The minimum Gasteiger partial charge on any atom is -0.356 e. The van der Waals surface area contributed by atoms with Gasteiger partial charge in [-0.3, -0.25) is 4.79 Å². The van der Waals surface area contributed by atoms with Crippen molar-refractivity contribution in [3.63, 3.8) is 0 Å². The molecule has 0 aliphatic carbocycles. The molecule has 1 unspecified atom stereocenters. The summed E-state index contributed by atoms with van der Waals surface area (Å²) in [4.78, 5) is 12.5. The van der Waals surface area contributed by atoms with E-state index < -0.39 is 15.8 Å². The van der Waals surface area contributed by atoms with Crippen LogP contribution in [0, 0.1) is 17.7 Å². The molecule has 1 fully saturated rings. The molecule has 1 saturated heterocycles. The molecule has 1 aromatic carbocycles. The lowest BCUT2D eigenvalue weighted by Crippen LogP contribution is -2.44. The fourth-order valence-corrected chi connectivity index (χ4v) is 5.21. The molecule has 158 valence electrons. The molecule has 0 aromatic heterocycles. The first-order chi connectivity index (χ1) is 13.4. The number of hydrogen-bond acceptors (Lipinski definition) is 3. The zero-order valence-electron chi connectivity index (χ0n) is 17.0. The van der Waals surface area contributed by atoms with E-state index in [4.69, 9.17) is 0 Å². The number of sulfonamides is 1. The maximum atomic E-state index is 13.8. The van der Waals surface area contributed by atoms with Gasteiger partial charge in [-0.25, -0.2) is 17.1 Å². The SMILES string of the molecule is CCCCC(CC)CNC(=O)C1CCN(S(=O)(=O)Cc2ccccc2F)CC1. The number of piperidine rings is 1. The molecule has 1 aliphatic heterocycles. The third kappa shape index (κ3) is 6.55. The normalized spacial score (nSPS) is 17.4. The largest absolute Gasteiger partial charge is 0.356 e. The second kappa shape index (κ2) is 10.9. The molecule has 1 aromatic rings. The number of nitrogens with one attached hydrogen (secondary N) is 1. The van der Waals surface area contributed by atoms with Crippen molar-refractivity contribution in [3.05, 3.63) is 35.6 Å². The monoisotopic (exact) mass is 412 g/mol. The zero-order valence-corrected chi connectivity index (χ0v) is 17.8. The van der Waals surface area contributed by atoms with Crippen molar-refractivity contribution in [2.45, 2.75) is 58.1 Å². The van der Waals surface area contributed by atoms with Crippen molar-refractivity contribution in [2.75, 3.05) is 19.6 Å². The number of benzene rings is 1. The van der Waals surface area contributed by atoms with Gasteiger partial charge in [0.05, 0.1) is 5.75 Å². The van der Waals surface area contributed by atoms with Gasteiger partial charge in [-0.15, -0.1) is 0 Å². The van der Waals surface area contributed by atoms with Gasteiger partial charge in [-0.2, -0.15) is 0 Å². The predicted molar refractivity (Wildman–Crippen MR) is 110 cm³/mol. The van der Waals surface area contributed by atoms with Gasteiger partial charge in [0.2, 0.25) is 15.9 Å². The maximum absolute atomic E-state index is 13.8. The summed E-state index contributed by atoms with van der Waals surface area (Å²) in [5, 5.41) is 3.06. The van der Waals surface area contributed by atoms with E-state index in [0.29, 0.717) is 38.4 Å². The molecule has 0 radical (unpaired) electrons. The molecular weight excluding hydrogens is 379 g/mol. The van der Waals surface area contributed by atoms with Crippen LogP contribution in [-0.2, 0) is 20.6 Å². The summed E-state index contributed by atoms with van der Waals surface area (Å²) >= 11 is 0. The van der Waals surface area contributed by atoms with Gasteiger partial charge in [0.15, 0.2) is 0 Å². The Morgan fingerprint density at radius 3 is 2.54 bits per heavy atom. The molecule has 1 heterocycles. The quantitative estimate of drug-likeness (QED) is 0.637. The highest BCUT2D eigenvalue weighted by atomic mass is 32.2. The van der Waals surface area contributed by atoms with Crippen LogP contribution in [0.5, 0.6) is 0 Å². The van der Waals surface area contributed by atoms with Crippen molar-refractivity contribution < 1.29 is 17.6 Å². The summed E-state index contributed by atoms with van der Waals surface area (Å²) in [6.07, 6.45) is 5.52. The second-order valence-electron chi connectivity index (χ2n) is 7.68. The Morgan fingerprint density at radius 1 is 1.25 bits per heavy atom. The van der Waals surface area contributed by atoms with E-state index in [1.807, 2.05) is 0 Å². The van der Waals surface area contributed by atoms with Crippen molar-refractivity contribution in [1.82, 2.24) is 9.62 Å². The summed E-state index contributed by atoms with van der Waals surface area (Å²) in [5.41, 5.74) is 0.181. The molecule has 7 heteroatoms. The lowest BCUT2D eigenvalue weighted by atomic mass is 9.95. The Morgan fingerprint density at radius 2 is 1.93 bits per heavy atom. The van der Waals surface area contributed by atoms with Gasteiger partial charge in [0.1, 0.15) is 5.82 Å². The molecule has 0 bridgehead atoms. The standard InChI is InChI=1S/C21H33FN2O3S/c1-3-5-8-17(4-2)15-23-21(25)18-11-13-24(14-12-18)28(26,27)16-19-9-6-7-10-20(19)22/h6-7,9-10,17-18H,3-5,8,11-16H2,1-2H3,(H,23,25). The maximum Gasteiger partial charge on any atom is 0.223 e. The number of rotatable bonds is 10. The molecular formula is C21H33FN2O3S. The van der Waals surface area contributed by atoms with Gasteiger partial charge in [-0.05, 0) is 31.2 Å². The number of halogens is 1. The Labute approximate surface area is 168 Å². The van der Waals surface area contributed by atoms with Crippen molar-refractivity contribution in [1.29, 1.82) is 0 Å². The second-order valence-corrected chi connectivity index (χ2v) is 9.65. The van der Waals surface area contributed by atoms with Gasteiger partial charge < -0.3 is 5.32 Å². The van der Waals surface area contributed by atoms with Crippen LogP contribution in [0.3, 0.4) is 0 Å². The molecule has 0 spiro atoms. The van der Waals surface area contributed by atoms with E-state index in [1.54, 1.807) is 12.1 Å². The fraction of sp³-hybridized carbons (Fsp3) is 0.667. The lowest BCUT2D eigenvalue weighted by Gasteiger charge is -2.31. The highest BCUT2D eigenvalue weighted by molar-refractivity contribution is 7.88. The van der Waals surface area contributed by atoms with Crippen LogP contribution in [0.25, 0.3) is 0 Å². The van der Waals surface area contributed by atoms with Crippen LogP contribution in [0.1, 0.15) is 57.9 Å². The first kappa shape index (κ1) is 22.8. The van der Waals surface area contributed by atoms with Crippen LogP contribution in [0.15, 0.2) is 24.3 Å². The third-order valence-corrected chi connectivity index (χ3v) is 7.45. The molecule has 1 aliphatic rings. The summed E-state index contributed by atoms with van der Waals surface area (Å²) < 4.78 is 40.4. The van der Waals surface area contributed by atoms with E-state index in [1.165, 1.54) is 22.9 Å². The molecule has 28 heavy (non-hydrogen) atoms. The van der Waals surface area contributed by atoms with Crippen LogP contribution in [0.2, 0.25) is 0 Å². The topological polar surface area (TPSA) is 66.5 Å². The third-order valence-electron chi connectivity index (χ3n) is 5.62. The average molecular weight is 413 g/mol. The number of amides is 1. The number of carbonyl (C=O) groups is 1. The van der Waals surface area contributed by atoms with Crippen LogP contribution >= 0.6 is 0 Å². The van der Waals surface area contributed by atoms with E-state index in [2.05, 4.69) is 19.2 Å². The Kier molecular flexibility index (Phi) is 8.89. The molecule has 1 atom stereocenters. The van der Waals surface area contributed by atoms with Crippen LogP contribution < -0.4 is 5.32 Å². The summed E-state index contributed by atoms with van der Waals surface area (Å²) in [6.45, 7) is 5.62. The Hall–Kier alpha value is -1.47. The van der Waals surface area contributed by atoms with Crippen LogP contribution in [-0.4, -0.2) is 38.3 Å². The first-order valence-corrected chi connectivity index (χ1v) is 12.0. The van der Waals surface area contributed by atoms with Gasteiger partial charge in [-0.1, -0.05) is 51.3 Å². The summed E-state index contributed by atoms with van der Waals surface area (Å²) in [7, 11) is -3.59. The van der Waals surface area contributed by atoms with Gasteiger partial charge in [0, 0.05) is 31.1 Å². The van der Waals surface area contributed by atoms with Crippen molar-refractivity contribution in [3.8, 4) is 0 Å². The molecule has 0 saturated carbocycles. The minimum absolute atomic E-state index is 0.0288. The lowest BCUT2D eigenvalue weighted by molar-refractivity contribution is -0.126. The summed E-state index contributed by atoms with van der Waals surface area (Å²) in [6, 6.07) is 5.94. The average Bonchev–Trinajstić information content (AvgIpc) is 2.69. The highest BCUT2D eigenvalue weighted by Gasteiger charge is 2.31. The van der Waals surface area contributed by atoms with E-state index in [0.717, 1.165) is 19.3 Å².